The number of likely N-dealkylation sites (N-methyl/N-ethyl adjacent to an activating group) is 1. The number of fused-ring (bicyclic) bond motifs is 1. The van der Waals surface area contributed by atoms with Gasteiger partial charge in [0.15, 0.2) is 11.5 Å². The first-order valence-electron chi connectivity index (χ1n) is 10.0. The zero-order valence-corrected chi connectivity index (χ0v) is 16.1. The van der Waals surface area contributed by atoms with Crippen molar-refractivity contribution in [2.45, 2.75) is 37.6 Å². The number of carbonyl (C=O) groups excluding carboxylic acids is 1. The molecule has 5 rings (SSSR count). The highest BCUT2D eigenvalue weighted by molar-refractivity contribution is 5.79. The van der Waals surface area contributed by atoms with Crippen LogP contribution in [0, 0.1) is 5.92 Å². The van der Waals surface area contributed by atoms with E-state index in [0.29, 0.717) is 11.8 Å². The summed E-state index contributed by atoms with van der Waals surface area (Å²) in [6.45, 7) is 3.66. The maximum Gasteiger partial charge on any atom is 0.227 e. The van der Waals surface area contributed by atoms with Crippen LogP contribution in [0.4, 0.5) is 5.82 Å². The van der Waals surface area contributed by atoms with Crippen LogP contribution < -0.4 is 4.90 Å². The fraction of sp³-hybridized carbons (Fsp3) is 0.684. The van der Waals surface area contributed by atoms with Crippen LogP contribution in [0.25, 0.3) is 5.65 Å². The summed E-state index contributed by atoms with van der Waals surface area (Å²) >= 11 is 0. The summed E-state index contributed by atoms with van der Waals surface area (Å²) in [7, 11) is 4.06. The van der Waals surface area contributed by atoms with E-state index >= 15 is 0 Å². The third-order valence-electron chi connectivity index (χ3n) is 6.27. The first kappa shape index (κ1) is 16.9. The molecule has 8 heteroatoms. The molecule has 2 aromatic heterocycles. The molecule has 1 aliphatic carbocycles. The molecule has 0 spiro atoms. The minimum Gasteiger partial charge on any atom is -0.351 e. The molecule has 27 heavy (non-hydrogen) atoms. The molecule has 0 aromatic carbocycles. The molecule has 3 fully saturated rings. The normalized spacial score (nSPS) is 24.2. The predicted molar refractivity (Wildman–Crippen MR) is 102 cm³/mol. The van der Waals surface area contributed by atoms with Crippen molar-refractivity contribution in [3.63, 3.8) is 0 Å². The highest BCUT2D eigenvalue weighted by atomic mass is 16.2. The molecule has 1 saturated carbocycles. The highest BCUT2D eigenvalue weighted by Crippen LogP contribution is 2.38. The quantitative estimate of drug-likeness (QED) is 0.801. The van der Waals surface area contributed by atoms with Gasteiger partial charge in [-0.1, -0.05) is 0 Å². The standard InChI is InChI=1S/C19H27N7O/c1-23-9-3-4-14(10-23)19(27)24(2)15-11-25(12-15)17-8-7-16-20-21-18(13-5-6-13)26(16)22-17/h7-8,13-15H,3-6,9-12H2,1-2H3. The summed E-state index contributed by atoms with van der Waals surface area (Å²) in [6, 6.07) is 4.27. The van der Waals surface area contributed by atoms with Crippen molar-refractivity contribution in [1.82, 2.24) is 29.6 Å². The van der Waals surface area contributed by atoms with Crippen LogP contribution in [0.3, 0.4) is 0 Å². The van der Waals surface area contributed by atoms with Gasteiger partial charge in [-0.3, -0.25) is 4.79 Å². The highest BCUT2D eigenvalue weighted by Gasteiger charge is 2.37. The Balaban J connectivity index is 1.24. The summed E-state index contributed by atoms with van der Waals surface area (Å²) < 4.78 is 1.90. The maximum atomic E-state index is 12.8. The van der Waals surface area contributed by atoms with Crippen LogP contribution >= 0.6 is 0 Å². The lowest BCUT2D eigenvalue weighted by molar-refractivity contribution is -0.138. The maximum absolute atomic E-state index is 12.8. The van der Waals surface area contributed by atoms with Gasteiger partial charge in [0.25, 0.3) is 0 Å². The number of aromatic nitrogens is 4. The Morgan fingerprint density at radius 2 is 1.96 bits per heavy atom. The van der Waals surface area contributed by atoms with E-state index in [1.807, 2.05) is 28.6 Å². The second kappa shape index (κ2) is 6.44. The van der Waals surface area contributed by atoms with Crippen LogP contribution in [-0.4, -0.2) is 81.8 Å². The SMILES string of the molecule is CN1CCCC(C(=O)N(C)C2CN(c3ccc4nnc(C5CC5)n4n3)C2)C1. The minimum absolute atomic E-state index is 0.149. The third kappa shape index (κ3) is 3.05. The average Bonchev–Trinajstić information content (AvgIpc) is 3.39. The van der Waals surface area contributed by atoms with E-state index in [9.17, 15) is 4.79 Å². The van der Waals surface area contributed by atoms with E-state index in [-0.39, 0.29) is 12.0 Å². The zero-order valence-electron chi connectivity index (χ0n) is 16.1. The van der Waals surface area contributed by atoms with Gasteiger partial charge < -0.3 is 14.7 Å². The van der Waals surface area contributed by atoms with Gasteiger partial charge in [0.05, 0.1) is 12.0 Å². The average molecular weight is 369 g/mol. The second-order valence-electron chi connectivity index (χ2n) is 8.40. The number of piperidine rings is 1. The van der Waals surface area contributed by atoms with Crippen molar-refractivity contribution >= 4 is 17.4 Å². The molecule has 0 N–H and O–H groups in total. The van der Waals surface area contributed by atoms with Crippen LogP contribution in [0.5, 0.6) is 0 Å². The molecule has 0 bridgehead atoms. The van der Waals surface area contributed by atoms with E-state index in [2.05, 4.69) is 27.0 Å². The van der Waals surface area contributed by atoms with Crippen molar-refractivity contribution in [2.24, 2.45) is 5.92 Å². The zero-order chi connectivity index (χ0) is 18.5. The number of hydrogen-bond donors (Lipinski definition) is 0. The first-order valence-corrected chi connectivity index (χ1v) is 10.0. The lowest BCUT2D eigenvalue weighted by Gasteiger charge is -2.45. The molecule has 8 nitrogen and oxygen atoms in total. The van der Waals surface area contributed by atoms with E-state index in [0.717, 1.165) is 56.3 Å². The van der Waals surface area contributed by atoms with Gasteiger partial charge in [-0.15, -0.1) is 15.3 Å². The van der Waals surface area contributed by atoms with Crippen molar-refractivity contribution in [2.75, 3.05) is 45.2 Å². The molecule has 144 valence electrons. The molecule has 1 amide bonds. The number of likely N-dealkylation sites (tertiary alicyclic amines) is 1. The third-order valence-corrected chi connectivity index (χ3v) is 6.27. The molecule has 2 aliphatic heterocycles. The predicted octanol–water partition coefficient (Wildman–Crippen LogP) is 0.990. The van der Waals surface area contributed by atoms with Gasteiger partial charge in [0.2, 0.25) is 5.91 Å². The summed E-state index contributed by atoms with van der Waals surface area (Å²) in [5.41, 5.74) is 0.812. The smallest absolute Gasteiger partial charge is 0.227 e. The molecule has 1 unspecified atom stereocenters. The van der Waals surface area contributed by atoms with Gasteiger partial charge >= 0.3 is 0 Å². The summed E-state index contributed by atoms with van der Waals surface area (Å²) in [5.74, 6) is 2.89. The Bertz CT molecular complexity index is 855. The van der Waals surface area contributed by atoms with Crippen LogP contribution in [0.1, 0.15) is 37.4 Å². The van der Waals surface area contributed by atoms with Crippen LogP contribution in [-0.2, 0) is 4.79 Å². The lowest BCUT2D eigenvalue weighted by atomic mass is 9.95. The van der Waals surface area contributed by atoms with E-state index in [1.165, 1.54) is 12.8 Å². The summed E-state index contributed by atoms with van der Waals surface area (Å²) in [4.78, 5) is 19.3. The number of carbonyl (C=O) groups is 1. The van der Waals surface area contributed by atoms with Gasteiger partial charge in [-0.25, -0.2) is 0 Å². The Hall–Kier alpha value is -2.22. The largest absolute Gasteiger partial charge is 0.351 e. The molecule has 2 saturated heterocycles. The van der Waals surface area contributed by atoms with Crippen LogP contribution in [0.2, 0.25) is 0 Å². The lowest BCUT2D eigenvalue weighted by Crippen LogP contribution is -2.61. The fourth-order valence-electron chi connectivity index (χ4n) is 4.28. The monoisotopic (exact) mass is 369 g/mol. The van der Waals surface area contributed by atoms with Crippen LogP contribution in [0.15, 0.2) is 12.1 Å². The Morgan fingerprint density at radius 1 is 1.15 bits per heavy atom. The van der Waals surface area contributed by atoms with E-state index in [1.54, 1.807) is 0 Å². The van der Waals surface area contributed by atoms with Crippen molar-refractivity contribution in [3.8, 4) is 0 Å². The number of nitrogens with zero attached hydrogens (tertiary/aromatic N) is 7. The number of hydrogen-bond acceptors (Lipinski definition) is 6. The Morgan fingerprint density at radius 3 is 2.70 bits per heavy atom. The molecule has 4 heterocycles. The topological polar surface area (TPSA) is 69.9 Å². The number of rotatable bonds is 4. The molecule has 1 atom stereocenters. The van der Waals surface area contributed by atoms with Crippen molar-refractivity contribution in [1.29, 1.82) is 0 Å². The number of amides is 1. The first-order chi connectivity index (χ1) is 13.1. The second-order valence-corrected chi connectivity index (χ2v) is 8.40. The molecular weight excluding hydrogens is 342 g/mol. The molecule has 3 aliphatic rings. The molecule has 2 aromatic rings. The molecule has 0 radical (unpaired) electrons. The number of anilines is 1. The fourth-order valence-corrected chi connectivity index (χ4v) is 4.28. The Kier molecular flexibility index (Phi) is 4.03. The molecular formula is C19H27N7O. The van der Waals surface area contributed by atoms with Gasteiger partial charge in [-0.2, -0.15) is 4.52 Å². The van der Waals surface area contributed by atoms with Gasteiger partial charge in [0.1, 0.15) is 5.82 Å². The van der Waals surface area contributed by atoms with Crippen molar-refractivity contribution < 1.29 is 4.79 Å². The Labute approximate surface area is 159 Å². The van der Waals surface area contributed by atoms with E-state index in [4.69, 9.17) is 5.10 Å². The van der Waals surface area contributed by atoms with E-state index < -0.39 is 0 Å². The van der Waals surface area contributed by atoms with Crippen molar-refractivity contribution in [3.05, 3.63) is 18.0 Å². The van der Waals surface area contributed by atoms with Gasteiger partial charge in [0, 0.05) is 32.6 Å². The van der Waals surface area contributed by atoms with Gasteiger partial charge in [-0.05, 0) is 51.4 Å². The summed E-state index contributed by atoms with van der Waals surface area (Å²) in [6.07, 6.45) is 4.49. The summed E-state index contributed by atoms with van der Waals surface area (Å²) in [5, 5.41) is 13.3. The minimum atomic E-state index is 0.149.